The zero-order valence-corrected chi connectivity index (χ0v) is 11.6. The molecule has 0 aliphatic rings. The molecule has 1 aromatic rings. The van der Waals surface area contributed by atoms with Gasteiger partial charge in [-0.15, -0.1) is 12.4 Å². The van der Waals surface area contributed by atoms with Crippen molar-refractivity contribution in [1.29, 1.82) is 0 Å². The normalized spacial score (nSPS) is 11.1. The van der Waals surface area contributed by atoms with E-state index in [-0.39, 0.29) is 30.0 Å². The summed E-state index contributed by atoms with van der Waals surface area (Å²) in [6.07, 6.45) is 0. The molecule has 0 spiro atoms. The van der Waals surface area contributed by atoms with Gasteiger partial charge in [-0.3, -0.25) is 0 Å². The maximum Gasteiger partial charge on any atom is 0.243 e. The van der Waals surface area contributed by atoms with Crippen LogP contribution in [0.1, 0.15) is 0 Å². The van der Waals surface area contributed by atoms with Crippen molar-refractivity contribution in [3.8, 4) is 0 Å². The molecule has 3 N–H and O–H groups in total. The highest BCUT2D eigenvalue weighted by Gasteiger charge is 2.20. The summed E-state index contributed by atoms with van der Waals surface area (Å²) < 4.78 is 51.3. The van der Waals surface area contributed by atoms with Gasteiger partial charge in [0.15, 0.2) is 0 Å². The summed E-state index contributed by atoms with van der Waals surface area (Å²) >= 11 is 2.75. The molecule has 4 nitrogen and oxygen atoms in total. The number of hydrogen-bond donors (Lipinski definition) is 2. The Morgan fingerprint density at radius 3 is 2.41 bits per heavy atom. The number of hydrogen-bond acceptors (Lipinski definition) is 3. The number of halogens is 4. The molecule has 17 heavy (non-hydrogen) atoms. The first-order chi connectivity index (χ1) is 7.38. The molecule has 0 amide bonds. The van der Waals surface area contributed by atoms with Crippen LogP contribution in [0.25, 0.3) is 0 Å². The summed E-state index contributed by atoms with van der Waals surface area (Å²) in [6, 6.07) is 1.37. The highest BCUT2D eigenvalue weighted by Crippen LogP contribution is 2.22. The lowest BCUT2D eigenvalue weighted by molar-refractivity contribution is 0.544. The zero-order valence-electron chi connectivity index (χ0n) is 8.41. The minimum Gasteiger partial charge on any atom is -0.329 e. The van der Waals surface area contributed by atoms with Crippen LogP contribution in [0.5, 0.6) is 0 Å². The molecule has 0 heterocycles. The van der Waals surface area contributed by atoms with E-state index in [9.17, 15) is 17.2 Å². The van der Waals surface area contributed by atoms with Crippen molar-refractivity contribution in [1.82, 2.24) is 4.72 Å². The molecular weight excluding hydrogens is 342 g/mol. The Bertz CT molecular complexity index is 499. The van der Waals surface area contributed by atoms with Crippen molar-refractivity contribution in [2.24, 2.45) is 5.73 Å². The molecule has 0 unspecified atom stereocenters. The number of sulfonamides is 1. The van der Waals surface area contributed by atoms with Gasteiger partial charge in [-0.1, -0.05) is 0 Å². The third-order valence-electron chi connectivity index (χ3n) is 1.70. The highest BCUT2D eigenvalue weighted by atomic mass is 79.9. The SMILES string of the molecule is Cl.NCCNS(=O)(=O)c1cc(F)c(Br)cc1F. The first-order valence-electron chi connectivity index (χ1n) is 4.23. The monoisotopic (exact) mass is 350 g/mol. The van der Waals surface area contributed by atoms with E-state index in [4.69, 9.17) is 5.73 Å². The van der Waals surface area contributed by atoms with E-state index < -0.39 is 26.6 Å². The van der Waals surface area contributed by atoms with Gasteiger partial charge >= 0.3 is 0 Å². The Labute approximate surface area is 112 Å². The second-order valence-corrected chi connectivity index (χ2v) is 5.47. The standard InChI is InChI=1S/C8H9BrF2N2O2S.ClH/c9-5-3-7(11)8(4-6(5)10)16(14,15)13-2-1-12;/h3-4,13H,1-2,12H2;1H. The number of nitrogens with two attached hydrogens (primary N) is 1. The molecular formula is C8H10BrClF2N2O2S. The summed E-state index contributed by atoms with van der Waals surface area (Å²) in [5, 5.41) is 0. The molecule has 9 heteroatoms. The van der Waals surface area contributed by atoms with E-state index >= 15 is 0 Å². The van der Waals surface area contributed by atoms with Gasteiger partial charge in [0, 0.05) is 13.1 Å². The maximum absolute atomic E-state index is 13.3. The largest absolute Gasteiger partial charge is 0.329 e. The van der Waals surface area contributed by atoms with Gasteiger partial charge in [-0.2, -0.15) is 0 Å². The first-order valence-corrected chi connectivity index (χ1v) is 6.50. The maximum atomic E-state index is 13.3. The predicted molar refractivity (Wildman–Crippen MR) is 65.5 cm³/mol. The van der Waals surface area contributed by atoms with Crippen molar-refractivity contribution < 1.29 is 17.2 Å². The summed E-state index contributed by atoms with van der Waals surface area (Å²) in [5.74, 6) is -1.88. The van der Waals surface area contributed by atoms with Gasteiger partial charge in [0.2, 0.25) is 10.0 Å². The van der Waals surface area contributed by atoms with Crippen LogP contribution in [-0.2, 0) is 10.0 Å². The van der Waals surface area contributed by atoms with Gasteiger partial charge in [0.25, 0.3) is 0 Å². The molecule has 0 aliphatic heterocycles. The Morgan fingerprint density at radius 2 is 1.88 bits per heavy atom. The lowest BCUT2D eigenvalue weighted by Gasteiger charge is -2.07. The minimum absolute atomic E-state index is 0. The van der Waals surface area contributed by atoms with Crippen molar-refractivity contribution in [3.05, 3.63) is 28.2 Å². The third-order valence-corrected chi connectivity index (χ3v) is 3.78. The Balaban J connectivity index is 0.00000256. The molecule has 0 atom stereocenters. The topological polar surface area (TPSA) is 72.2 Å². The Morgan fingerprint density at radius 1 is 1.29 bits per heavy atom. The molecule has 0 aromatic heterocycles. The number of benzene rings is 1. The van der Waals surface area contributed by atoms with E-state index in [0.29, 0.717) is 6.07 Å². The summed E-state index contributed by atoms with van der Waals surface area (Å²) in [5.41, 5.74) is 5.10. The average Bonchev–Trinajstić information content (AvgIpc) is 2.20. The van der Waals surface area contributed by atoms with E-state index in [1.54, 1.807) is 0 Å². The van der Waals surface area contributed by atoms with Gasteiger partial charge in [-0.05, 0) is 28.1 Å². The van der Waals surface area contributed by atoms with Crippen LogP contribution in [0.2, 0.25) is 0 Å². The van der Waals surface area contributed by atoms with Crippen LogP contribution < -0.4 is 10.5 Å². The quantitative estimate of drug-likeness (QED) is 0.805. The van der Waals surface area contributed by atoms with Crippen LogP contribution >= 0.6 is 28.3 Å². The van der Waals surface area contributed by atoms with E-state index in [0.717, 1.165) is 6.07 Å². The second-order valence-electron chi connectivity index (χ2n) is 2.88. The molecule has 0 aliphatic carbocycles. The van der Waals surface area contributed by atoms with E-state index in [1.807, 2.05) is 4.72 Å². The lowest BCUT2D eigenvalue weighted by Crippen LogP contribution is -2.29. The minimum atomic E-state index is -4.06. The summed E-state index contributed by atoms with van der Waals surface area (Å²) in [6.45, 7) is 0.0271. The fraction of sp³-hybridized carbons (Fsp3) is 0.250. The third kappa shape index (κ3) is 4.14. The number of nitrogens with one attached hydrogen (secondary N) is 1. The van der Waals surface area contributed by atoms with Crippen molar-refractivity contribution >= 4 is 38.4 Å². The van der Waals surface area contributed by atoms with Crippen LogP contribution in [0.15, 0.2) is 21.5 Å². The molecule has 1 aromatic carbocycles. The van der Waals surface area contributed by atoms with Crippen LogP contribution in [-0.4, -0.2) is 21.5 Å². The second kappa shape index (κ2) is 6.60. The molecule has 0 radical (unpaired) electrons. The lowest BCUT2D eigenvalue weighted by atomic mass is 10.3. The fourth-order valence-corrected chi connectivity index (χ4v) is 2.41. The predicted octanol–water partition coefficient (Wildman–Crippen LogP) is 1.39. The van der Waals surface area contributed by atoms with Crippen LogP contribution in [0.4, 0.5) is 8.78 Å². The van der Waals surface area contributed by atoms with Crippen molar-refractivity contribution in [2.45, 2.75) is 4.90 Å². The molecule has 1 rings (SSSR count). The van der Waals surface area contributed by atoms with Crippen LogP contribution in [0, 0.1) is 11.6 Å². The molecule has 0 bridgehead atoms. The fourth-order valence-electron chi connectivity index (χ4n) is 0.981. The molecule has 0 saturated heterocycles. The Kier molecular flexibility index (Phi) is 6.49. The van der Waals surface area contributed by atoms with Crippen molar-refractivity contribution in [2.75, 3.05) is 13.1 Å². The molecule has 0 saturated carbocycles. The van der Waals surface area contributed by atoms with Crippen molar-refractivity contribution in [3.63, 3.8) is 0 Å². The smallest absolute Gasteiger partial charge is 0.243 e. The van der Waals surface area contributed by atoms with Gasteiger partial charge in [-0.25, -0.2) is 21.9 Å². The Hall–Kier alpha value is -0.280. The number of rotatable bonds is 4. The summed E-state index contributed by atoms with van der Waals surface area (Å²) in [4.78, 5) is -0.735. The summed E-state index contributed by atoms with van der Waals surface area (Å²) in [7, 11) is -4.06. The van der Waals surface area contributed by atoms with Gasteiger partial charge in [0.1, 0.15) is 16.5 Å². The van der Waals surface area contributed by atoms with E-state index in [2.05, 4.69) is 15.9 Å². The zero-order chi connectivity index (χ0) is 12.3. The molecule has 98 valence electrons. The van der Waals surface area contributed by atoms with E-state index in [1.165, 1.54) is 0 Å². The highest BCUT2D eigenvalue weighted by molar-refractivity contribution is 9.10. The van der Waals surface area contributed by atoms with Gasteiger partial charge < -0.3 is 5.73 Å². The molecule has 0 fully saturated rings. The van der Waals surface area contributed by atoms with Crippen LogP contribution in [0.3, 0.4) is 0 Å². The first kappa shape index (κ1) is 16.7. The average molecular weight is 352 g/mol. The van der Waals surface area contributed by atoms with Gasteiger partial charge in [0.05, 0.1) is 4.47 Å².